The van der Waals surface area contributed by atoms with Gasteiger partial charge < -0.3 is 14.2 Å². The number of nitrogens with zero attached hydrogens (tertiary/aromatic N) is 2. The number of hydrogen-bond donors (Lipinski definition) is 0. The van der Waals surface area contributed by atoms with E-state index >= 15 is 0 Å². The van der Waals surface area contributed by atoms with E-state index in [2.05, 4.69) is 122 Å². The molecule has 0 amide bonds. The second kappa shape index (κ2) is 13.0. The summed E-state index contributed by atoms with van der Waals surface area (Å²) in [5.74, 6) is -0.636. The predicted molar refractivity (Wildman–Crippen MR) is 254 cm³/mol. The first kappa shape index (κ1) is 27.7. The fourth-order valence-corrected chi connectivity index (χ4v) is 9.41. The highest BCUT2D eigenvalue weighted by Crippen LogP contribution is 2.55. The molecule has 0 unspecified atom stereocenters. The van der Waals surface area contributed by atoms with Crippen LogP contribution in [0.2, 0.25) is 0 Å². The van der Waals surface area contributed by atoms with E-state index in [0.717, 1.165) is 61.4 Å². The zero-order valence-electron chi connectivity index (χ0n) is 48.1. The first-order valence-electron chi connectivity index (χ1n) is 26.9. The van der Waals surface area contributed by atoms with Crippen LogP contribution in [0.25, 0.3) is 11.1 Å². The lowest BCUT2D eigenvalue weighted by molar-refractivity contribution is 0.282. The molecule has 3 aliphatic rings. The Morgan fingerprint density at radius 3 is 1.76 bits per heavy atom. The van der Waals surface area contributed by atoms with Gasteiger partial charge in [0.25, 0.3) is 6.71 Å². The second-order valence-electron chi connectivity index (χ2n) is 20.3. The lowest BCUT2D eigenvalue weighted by atomic mass is 9.35. The molecule has 9 rings (SSSR count). The summed E-state index contributed by atoms with van der Waals surface area (Å²) in [6.45, 7) is 7.05. The zero-order chi connectivity index (χ0) is 52.2. The van der Waals surface area contributed by atoms with Gasteiger partial charge in [-0.3, -0.25) is 0 Å². The number of benzene rings is 5. The van der Waals surface area contributed by atoms with Crippen molar-refractivity contribution in [1.29, 1.82) is 0 Å². The third-order valence-corrected chi connectivity index (χ3v) is 12.8. The normalized spacial score (nSPS) is 20.5. The molecule has 59 heavy (non-hydrogen) atoms. The summed E-state index contributed by atoms with van der Waals surface area (Å²) in [5, 5.41) is 0. The SMILES string of the molecule is [2H]C([2H])([2H])C1(C([2H])([2H])[2H])CCC(C([2H])([2H])[2H])(C([2H])([2H])[2H])c2c1oc1c2N(c2ccc(C(C)(C)C)cc2)c2cc(C)cc3c2B1c1cc(C(C)(C)C)ccc1N3c1ccc(C(C)(C)C)cc1-c1ccccc1. The molecular formula is C55H63BN2O. The van der Waals surface area contributed by atoms with Crippen molar-refractivity contribution in [1.82, 2.24) is 0 Å². The van der Waals surface area contributed by atoms with Gasteiger partial charge in [0, 0.05) is 55.7 Å². The van der Waals surface area contributed by atoms with Crippen molar-refractivity contribution in [3.63, 3.8) is 0 Å². The first-order chi connectivity index (χ1) is 32.6. The molecule has 2 aliphatic heterocycles. The van der Waals surface area contributed by atoms with E-state index in [1.807, 2.05) is 60.4 Å². The van der Waals surface area contributed by atoms with Gasteiger partial charge in [0.1, 0.15) is 5.76 Å². The van der Waals surface area contributed by atoms with E-state index in [9.17, 15) is 8.22 Å². The number of aryl methyl sites for hydroxylation is 1. The van der Waals surface area contributed by atoms with Crippen molar-refractivity contribution in [2.45, 2.75) is 137 Å². The zero-order valence-corrected chi connectivity index (χ0v) is 36.1. The summed E-state index contributed by atoms with van der Waals surface area (Å²) in [6, 6.07) is 35.0. The Hall–Kier alpha value is -4.96. The van der Waals surface area contributed by atoms with E-state index in [0.29, 0.717) is 11.4 Å². The molecule has 6 aromatic rings. The summed E-state index contributed by atoms with van der Waals surface area (Å²) in [6.07, 6.45) is -1.59. The number of anilines is 6. The maximum Gasteiger partial charge on any atom is 0.297 e. The first-order valence-corrected chi connectivity index (χ1v) is 20.9. The highest BCUT2D eigenvalue weighted by Gasteiger charge is 2.52. The average Bonchev–Trinajstić information content (AvgIpc) is 3.63. The number of hydrogen-bond acceptors (Lipinski definition) is 3. The van der Waals surface area contributed by atoms with Gasteiger partial charge in [-0.2, -0.15) is 0 Å². The fraction of sp³-hybridized carbons (Fsp3) is 0.382. The second-order valence-corrected chi connectivity index (χ2v) is 20.3. The standard InChI is InChI=1S/C55H63BN2O/c1-34-30-44-47-45(31-34)58(42-26-22-37(52(5,6)7)32-40(42)35-18-16-15-17-19-35)43-27-23-38(53(8,9)10)33-41(43)56(47)50-48(46-49(59-50)55(13,14)29-28-54(46,11)12)57(44)39-24-20-36(21-25-39)51(2,3)4/h15-27,30-33H,28-29H2,1-14H3/i11D3,12D3,13D3,14D3. The maximum absolute atomic E-state index is 9.25. The van der Waals surface area contributed by atoms with Crippen molar-refractivity contribution in [3.8, 4) is 11.1 Å². The van der Waals surface area contributed by atoms with Crippen molar-refractivity contribution in [2.75, 3.05) is 9.80 Å². The Morgan fingerprint density at radius 2 is 1.15 bits per heavy atom. The van der Waals surface area contributed by atoms with Crippen LogP contribution < -0.4 is 26.4 Å². The van der Waals surface area contributed by atoms with E-state index in [4.69, 9.17) is 12.6 Å². The van der Waals surface area contributed by atoms with Gasteiger partial charge in [0.15, 0.2) is 0 Å². The molecule has 1 aromatic heterocycles. The summed E-state index contributed by atoms with van der Waals surface area (Å²) in [4.78, 5) is 4.09. The molecule has 302 valence electrons. The molecule has 4 heteroatoms. The lowest BCUT2D eigenvalue weighted by Gasteiger charge is -2.45. The van der Waals surface area contributed by atoms with Crippen LogP contribution in [-0.2, 0) is 27.1 Å². The monoisotopic (exact) mass is 791 g/mol. The molecule has 0 spiro atoms. The molecule has 3 nitrogen and oxygen atoms in total. The Balaban J connectivity index is 1.51. The van der Waals surface area contributed by atoms with E-state index in [-0.39, 0.29) is 27.6 Å². The van der Waals surface area contributed by atoms with E-state index in [1.165, 1.54) is 0 Å². The summed E-state index contributed by atoms with van der Waals surface area (Å²) >= 11 is 0. The molecule has 0 fully saturated rings. The quantitative estimate of drug-likeness (QED) is 0.166. The van der Waals surface area contributed by atoms with Gasteiger partial charge >= 0.3 is 0 Å². The molecule has 0 saturated heterocycles. The Morgan fingerprint density at radius 1 is 0.593 bits per heavy atom. The Kier molecular flexibility index (Phi) is 6.12. The minimum atomic E-state index is -3.30. The van der Waals surface area contributed by atoms with Crippen LogP contribution in [0.5, 0.6) is 0 Å². The van der Waals surface area contributed by atoms with Gasteiger partial charge in [0.05, 0.1) is 17.0 Å². The highest BCUT2D eigenvalue weighted by atomic mass is 16.3. The van der Waals surface area contributed by atoms with Crippen molar-refractivity contribution in [3.05, 3.63) is 137 Å². The van der Waals surface area contributed by atoms with E-state index in [1.54, 1.807) is 0 Å². The number of furan rings is 1. The summed E-state index contributed by atoms with van der Waals surface area (Å²) in [5.41, 5.74) is 4.31. The Bertz CT molecular complexity index is 3040. The third-order valence-electron chi connectivity index (χ3n) is 12.8. The molecule has 0 saturated carbocycles. The van der Waals surface area contributed by atoms with Gasteiger partial charge in [-0.1, -0.05) is 150 Å². The molecule has 3 heterocycles. The van der Waals surface area contributed by atoms with E-state index < -0.39 is 69.1 Å². The predicted octanol–water partition coefficient (Wildman–Crippen LogP) is 13.6. The number of fused-ring (bicyclic) bond motifs is 6. The molecule has 0 N–H and O–H groups in total. The van der Waals surface area contributed by atoms with Crippen LogP contribution in [0.15, 0.2) is 108 Å². The molecular weight excluding hydrogens is 715 g/mol. The van der Waals surface area contributed by atoms with Crippen molar-refractivity contribution < 1.29 is 20.9 Å². The van der Waals surface area contributed by atoms with Gasteiger partial charge in [-0.25, -0.2) is 0 Å². The van der Waals surface area contributed by atoms with Crippen LogP contribution in [0.3, 0.4) is 0 Å². The topological polar surface area (TPSA) is 19.6 Å². The average molecular weight is 791 g/mol. The van der Waals surface area contributed by atoms with Crippen molar-refractivity contribution >= 4 is 57.4 Å². The summed E-state index contributed by atoms with van der Waals surface area (Å²) < 4.78 is 117. The Labute approximate surface area is 371 Å². The summed E-state index contributed by atoms with van der Waals surface area (Å²) in [7, 11) is 0. The minimum absolute atomic E-state index is 0.0439. The molecule has 0 atom stereocenters. The van der Waals surface area contributed by atoms with Gasteiger partial charge in [-0.05, 0) is 123 Å². The minimum Gasteiger partial charge on any atom is -0.472 e. The number of rotatable bonds is 3. The maximum atomic E-state index is 9.25. The highest BCUT2D eigenvalue weighted by molar-refractivity contribution is 6.99. The van der Waals surface area contributed by atoms with Crippen molar-refractivity contribution in [2.24, 2.45) is 0 Å². The molecule has 0 bridgehead atoms. The lowest BCUT2D eigenvalue weighted by Crippen LogP contribution is -2.61. The van der Waals surface area contributed by atoms with Gasteiger partial charge in [-0.15, -0.1) is 0 Å². The smallest absolute Gasteiger partial charge is 0.297 e. The largest absolute Gasteiger partial charge is 0.472 e. The molecule has 5 aromatic carbocycles. The van der Waals surface area contributed by atoms with Crippen LogP contribution in [0.1, 0.15) is 153 Å². The van der Waals surface area contributed by atoms with Crippen LogP contribution in [0.4, 0.5) is 34.1 Å². The van der Waals surface area contributed by atoms with Crippen LogP contribution in [0, 0.1) is 6.92 Å². The van der Waals surface area contributed by atoms with Gasteiger partial charge in [0.2, 0.25) is 0 Å². The molecule has 1 aliphatic carbocycles. The van der Waals surface area contributed by atoms with Crippen LogP contribution >= 0.6 is 0 Å². The third kappa shape index (κ3) is 6.31. The fourth-order valence-electron chi connectivity index (χ4n) is 9.41. The van der Waals surface area contributed by atoms with Crippen LogP contribution in [-0.4, -0.2) is 6.71 Å². The molecule has 0 radical (unpaired) electrons.